The zero-order valence-corrected chi connectivity index (χ0v) is 24.2. The first-order valence-corrected chi connectivity index (χ1v) is 15.9. The van der Waals surface area contributed by atoms with E-state index in [2.05, 4.69) is 5.32 Å². The molecule has 1 aromatic carbocycles. The number of sulfonamides is 1. The van der Waals surface area contributed by atoms with Crippen molar-refractivity contribution in [2.45, 2.75) is 44.0 Å². The van der Waals surface area contributed by atoms with E-state index < -0.39 is 22.0 Å². The van der Waals surface area contributed by atoms with Crippen LogP contribution in [0.4, 0.5) is 9.80 Å². The average Bonchev–Trinajstić information content (AvgIpc) is 3.34. The van der Waals surface area contributed by atoms with Crippen molar-refractivity contribution in [3.8, 4) is 0 Å². The van der Waals surface area contributed by atoms with Gasteiger partial charge < -0.3 is 24.6 Å². The quantitative estimate of drug-likeness (QED) is 0.548. The number of anilines is 1. The van der Waals surface area contributed by atoms with Gasteiger partial charge in [-0.2, -0.15) is 4.31 Å². The maximum atomic E-state index is 13.7. The van der Waals surface area contributed by atoms with Gasteiger partial charge in [0.25, 0.3) is 11.8 Å². The second kappa shape index (κ2) is 12.2. The minimum atomic E-state index is -3.68. The number of carbonyl (C=O) groups excluding carboxylic acids is 3. The number of hydrogen-bond donors (Lipinski definition) is 1. The molecule has 0 spiro atoms. The van der Waals surface area contributed by atoms with Crippen LogP contribution in [0.5, 0.6) is 0 Å². The lowest BCUT2D eigenvalue weighted by Crippen LogP contribution is -2.40. The number of ether oxygens (including phenoxy) is 2. The lowest BCUT2D eigenvalue weighted by Gasteiger charge is -2.29. The number of carbonyl (C=O) groups is 3. The molecule has 3 aliphatic heterocycles. The lowest BCUT2D eigenvalue weighted by molar-refractivity contribution is 0.0724. The molecule has 1 aromatic heterocycles. The van der Waals surface area contributed by atoms with E-state index in [1.165, 1.54) is 39.9 Å². The van der Waals surface area contributed by atoms with Crippen LogP contribution in [0.25, 0.3) is 0 Å². The highest BCUT2D eigenvalue weighted by molar-refractivity contribution is 7.89. The summed E-state index contributed by atoms with van der Waals surface area (Å²) in [4.78, 5) is 43.8. The van der Waals surface area contributed by atoms with Crippen LogP contribution in [0, 0.1) is 0 Å². The van der Waals surface area contributed by atoms with Gasteiger partial charge in [0.1, 0.15) is 5.00 Å². The number of fused-ring (bicyclic) bond motifs is 1. The third kappa shape index (κ3) is 5.87. The van der Waals surface area contributed by atoms with E-state index in [1.807, 2.05) is 4.90 Å². The van der Waals surface area contributed by atoms with E-state index >= 15 is 0 Å². The number of hydrogen-bond acceptors (Lipinski definition) is 8. The molecular formula is C27H34N4O7S2. The van der Waals surface area contributed by atoms with Crippen LogP contribution < -0.4 is 5.32 Å². The summed E-state index contributed by atoms with van der Waals surface area (Å²) in [5, 5.41) is 3.36. The molecular weight excluding hydrogens is 556 g/mol. The highest BCUT2D eigenvalue weighted by atomic mass is 32.2. The SMILES string of the molecule is CCOC(=O)N1CCc2c(sc(NC(=O)c3ccc(S(=O)(=O)N4CCOCC4)cc3)c2C(=O)N2CCCCC2)C1. The van der Waals surface area contributed by atoms with Gasteiger partial charge in [-0.25, -0.2) is 13.2 Å². The molecule has 40 heavy (non-hydrogen) atoms. The molecule has 0 unspecified atom stereocenters. The predicted molar refractivity (Wildman–Crippen MR) is 149 cm³/mol. The van der Waals surface area contributed by atoms with Crippen LogP contribution in [-0.2, 0) is 32.5 Å². The van der Waals surface area contributed by atoms with Crippen molar-refractivity contribution in [1.29, 1.82) is 0 Å². The van der Waals surface area contributed by atoms with Crippen molar-refractivity contribution in [3.63, 3.8) is 0 Å². The highest BCUT2D eigenvalue weighted by Crippen LogP contribution is 2.39. The van der Waals surface area contributed by atoms with Crippen molar-refractivity contribution in [1.82, 2.24) is 14.1 Å². The van der Waals surface area contributed by atoms with Gasteiger partial charge in [-0.05, 0) is 62.4 Å². The Balaban J connectivity index is 1.39. The minimum Gasteiger partial charge on any atom is -0.450 e. The third-order valence-electron chi connectivity index (χ3n) is 7.39. The van der Waals surface area contributed by atoms with E-state index in [4.69, 9.17) is 9.47 Å². The number of nitrogens with one attached hydrogen (secondary N) is 1. The average molecular weight is 591 g/mol. The van der Waals surface area contributed by atoms with Gasteiger partial charge in [0.15, 0.2) is 0 Å². The van der Waals surface area contributed by atoms with Gasteiger partial charge in [-0.1, -0.05) is 0 Å². The molecule has 5 rings (SSSR count). The van der Waals surface area contributed by atoms with Gasteiger partial charge >= 0.3 is 6.09 Å². The molecule has 2 saturated heterocycles. The molecule has 0 atom stereocenters. The maximum absolute atomic E-state index is 13.7. The van der Waals surface area contributed by atoms with Crippen LogP contribution in [-0.4, -0.2) is 93.0 Å². The van der Waals surface area contributed by atoms with Crippen molar-refractivity contribution in [2.24, 2.45) is 0 Å². The molecule has 4 heterocycles. The van der Waals surface area contributed by atoms with Gasteiger partial charge in [-0.3, -0.25) is 9.59 Å². The van der Waals surface area contributed by atoms with Crippen LogP contribution in [0.1, 0.15) is 57.3 Å². The summed E-state index contributed by atoms with van der Waals surface area (Å²) in [6, 6.07) is 5.81. The van der Waals surface area contributed by atoms with Crippen molar-refractivity contribution >= 4 is 44.3 Å². The topological polar surface area (TPSA) is 126 Å². The molecule has 2 aromatic rings. The number of piperidine rings is 1. The molecule has 1 N–H and O–H groups in total. The van der Waals surface area contributed by atoms with E-state index in [1.54, 1.807) is 11.8 Å². The van der Waals surface area contributed by atoms with Gasteiger partial charge in [0.05, 0.1) is 36.8 Å². The molecule has 0 radical (unpaired) electrons. The maximum Gasteiger partial charge on any atom is 0.410 e. The fraction of sp³-hybridized carbons (Fsp3) is 0.519. The first-order valence-electron chi connectivity index (χ1n) is 13.6. The summed E-state index contributed by atoms with van der Waals surface area (Å²) in [6.07, 6.45) is 3.06. The van der Waals surface area contributed by atoms with Crippen LogP contribution in [0.3, 0.4) is 0 Å². The molecule has 0 aliphatic carbocycles. The Hall–Kier alpha value is -3.00. The molecule has 3 aliphatic rings. The number of benzene rings is 1. The number of rotatable bonds is 6. The second-order valence-electron chi connectivity index (χ2n) is 9.93. The fourth-order valence-corrected chi connectivity index (χ4v) is 7.89. The molecule has 11 nitrogen and oxygen atoms in total. The van der Waals surface area contributed by atoms with Crippen LogP contribution in [0.2, 0.25) is 0 Å². The van der Waals surface area contributed by atoms with Crippen molar-refractivity contribution < 1.29 is 32.3 Å². The standard InChI is InChI=1S/C27H34N4O7S2/c1-2-38-27(34)30-13-10-21-22(18-30)39-25(23(21)26(33)29-11-4-3-5-12-29)28-24(32)19-6-8-20(9-7-19)40(35,36)31-14-16-37-17-15-31/h6-9H,2-5,10-18H2,1H3,(H,28,32). The van der Waals surface area contributed by atoms with E-state index in [0.717, 1.165) is 29.7 Å². The summed E-state index contributed by atoms with van der Waals surface area (Å²) in [6.45, 7) is 5.38. The molecule has 0 saturated carbocycles. The normalized spacial score (nSPS) is 18.2. The van der Waals surface area contributed by atoms with E-state index in [-0.39, 0.29) is 36.1 Å². The minimum absolute atomic E-state index is 0.107. The molecule has 2 fully saturated rings. The number of nitrogens with zero attached hydrogens (tertiary/aromatic N) is 3. The number of likely N-dealkylation sites (tertiary alicyclic amines) is 1. The van der Waals surface area contributed by atoms with Gasteiger partial charge in [0, 0.05) is 43.2 Å². The Labute approximate surface area is 238 Å². The summed E-state index contributed by atoms with van der Waals surface area (Å²) in [7, 11) is -3.68. The molecule has 3 amide bonds. The largest absolute Gasteiger partial charge is 0.450 e. The van der Waals surface area contributed by atoms with Crippen molar-refractivity contribution in [2.75, 3.05) is 57.9 Å². The number of thiophene rings is 1. The van der Waals surface area contributed by atoms with Gasteiger partial charge in [-0.15, -0.1) is 11.3 Å². The first kappa shape index (κ1) is 28.5. The summed E-state index contributed by atoms with van der Waals surface area (Å²) in [5.74, 6) is -0.548. The third-order valence-corrected chi connectivity index (χ3v) is 10.4. The monoisotopic (exact) mass is 590 g/mol. The molecule has 0 bridgehead atoms. The van der Waals surface area contributed by atoms with E-state index in [9.17, 15) is 22.8 Å². The zero-order valence-electron chi connectivity index (χ0n) is 22.5. The first-order chi connectivity index (χ1) is 19.3. The van der Waals surface area contributed by atoms with Crippen LogP contribution in [0.15, 0.2) is 29.2 Å². The number of morpholine rings is 1. The van der Waals surface area contributed by atoms with Crippen LogP contribution >= 0.6 is 11.3 Å². The Morgan fingerprint density at radius 1 is 0.975 bits per heavy atom. The summed E-state index contributed by atoms with van der Waals surface area (Å²) in [5.41, 5.74) is 1.63. The Morgan fingerprint density at radius 3 is 2.35 bits per heavy atom. The zero-order chi connectivity index (χ0) is 28.3. The molecule has 13 heteroatoms. The Bertz CT molecular complexity index is 1360. The Morgan fingerprint density at radius 2 is 1.68 bits per heavy atom. The highest BCUT2D eigenvalue weighted by Gasteiger charge is 2.33. The fourth-order valence-electron chi connectivity index (χ4n) is 5.23. The summed E-state index contributed by atoms with van der Waals surface area (Å²) < 4.78 is 37.7. The second-order valence-corrected chi connectivity index (χ2v) is 13.0. The summed E-state index contributed by atoms with van der Waals surface area (Å²) >= 11 is 1.30. The predicted octanol–water partition coefficient (Wildman–Crippen LogP) is 3.16. The Kier molecular flexibility index (Phi) is 8.74. The van der Waals surface area contributed by atoms with E-state index in [0.29, 0.717) is 56.4 Å². The van der Waals surface area contributed by atoms with Crippen molar-refractivity contribution in [3.05, 3.63) is 45.8 Å². The van der Waals surface area contributed by atoms with Gasteiger partial charge in [0.2, 0.25) is 10.0 Å². The number of amides is 3. The molecule has 216 valence electrons. The lowest BCUT2D eigenvalue weighted by atomic mass is 10.0. The smallest absolute Gasteiger partial charge is 0.410 e.